The first-order valence-electron chi connectivity index (χ1n) is 6.81. The van der Waals surface area contributed by atoms with Crippen LogP contribution in [0, 0.1) is 0 Å². The van der Waals surface area contributed by atoms with Crippen molar-refractivity contribution in [2.24, 2.45) is 0 Å². The van der Waals surface area contributed by atoms with E-state index in [0.29, 0.717) is 6.42 Å². The molecule has 1 N–H and O–H groups in total. The Bertz CT molecular complexity index is 718. The summed E-state index contributed by atoms with van der Waals surface area (Å²) in [6, 6.07) is 3.92. The molecule has 1 heterocycles. The largest absolute Gasteiger partial charge is 0.482 e. The average molecular weight is 362 g/mol. The highest BCUT2D eigenvalue weighted by Crippen LogP contribution is 2.25. The van der Waals surface area contributed by atoms with Crippen molar-refractivity contribution in [2.45, 2.75) is 12.5 Å². The number of benzene rings is 1. The summed E-state index contributed by atoms with van der Waals surface area (Å²) < 4.78 is 32.5. The first-order valence-corrected chi connectivity index (χ1v) is 9.01. The number of hydrogen-bond donors (Lipinski definition) is 1. The lowest BCUT2D eigenvalue weighted by Gasteiger charge is -2.12. The van der Waals surface area contributed by atoms with Gasteiger partial charge in [-0.3, -0.25) is 4.79 Å². The van der Waals surface area contributed by atoms with Crippen molar-refractivity contribution in [3.05, 3.63) is 28.8 Å². The topological polar surface area (TPSA) is 98.8 Å². The van der Waals surface area contributed by atoms with Gasteiger partial charge in [-0.2, -0.15) is 0 Å². The van der Waals surface area contributed by atoms with Crippen molar-refractivity contribution in [3.8, 4) is 5.75 Å². The standard InChI is InChI=1S/C14H16ClNO6S/c1-21-14(18)9-2-3-12(11(15)6-9)22-7-13(17)16-10-4-5-23(19,20)8-10/h2-3,6,10H,4-5,7-8H2,1H3,(H,16,17). The van der Waals surface area contributed by atoms with Crippen LogP contribution in [0.3, 0.4) is 0 Å². The molecule has 0 bridgehead atoms. The summed E-state index contributed by atoms with van der Waals surface area (Å²) in [7, 11) is -1.79. The third kappa shape index (κ3) is 4.84. The van der Waals surface area contributed by atoms with E-state index in [9.17, 15) is 18.0 Å². The Balaban J connectivity index is 1.88. The first kappa shape index (κ1) is 17.6. The Morgan fingerprint density at radius 2 is 2.13 bits per heavy atom. The van der Waals surface area contributed by atoms with Gasteiger partial charge in [0.05, 0.1) is 29.2 Å². The van der Waals surface area contributed by atoms with Crippen molar-refractivity contribution in [1.82, 2.24) is 5.32 Å². The minimum atomic E-state index is -3.05. The van der Waals surface area contributed by atoms with Gasteiger partial charge in [-0.25, -0.2) is 13.2 Å². The van der Waals surface area contributed by atoms with Gasteiger partial charge in [0.15, 0.2) is 16.4 Å². The SMILES string of the molecule is COC(=O)c1ccc(OCC(=O)NC2CCS(=O)(=O)C2)c(Cl)c1. The van der Waals surface area contributed by atoms with Crippen LogP contribution in [0.25, 0.3) is 0 Å². The van der Waals surface area contributed by atoms with Crippen molar-refractivity contribution in [2.75, 3.05) is 25.2 Å². The third-order valence-corrected chi connectivity index (χ3v) is 5.37. The van der Waals surface area contributed by atoms with Gasteiger partial charge in [0, 0.05) is 6.04 Å². The zero-order chi connectivity index (χ0) is 17.0. The minimum absolute atomic E-state index is 0.0483. The first-order chi connectivity index (χ1) is 10.8. The molecule has 2 rings (SSSR count). The predicted octanol–water partition coefficient (Wildman–Crippen LogP) is 0.809. The van der Waals surface area contributed by atoms with Crippen molar-refractivity contribution in [3.63, 3.8) is 0 Å². The molecule has 9 heteroatoms. The molecule has 0 aliphatic carbocycles. The Kier molecular flexibility index (Phi) is 5.48. The number of amides is 1. The van der Waals surface area contributed by atoms with E-state index in [1.54, 1.807) is 0 Å². The maximum Gasteiger partial charge on any atom is 0.337 e. The molecule has 0 spiro atoms. The fourth-order valence-corrected chi connectivity index (χ4v) is 4.09. The molecule has 0 saturated carbocycles. The molecular weight excluding hydrogens is 346 g/mol. The maximum atomic E-state index is 11.8. The fourth-order valence-electron chi connectivity index (χ4n) is 2.18. The molecule has 0 aromatic heterocycles. The highest BCUT2D eigenvalue weighted by molar-refractivity contribution is 7.91. The Morgan fingerprint density at radius 1 is 1.39 bits per heavy atom. The lowest BCUT2D eigenvalue weighted by Crippen LogP contribution is -2.38. The van der Waals surface area contributed by atoms with Crippen LogP contribution in [0.1, 0.15) is 16.8 Å². The second-order valence-corrected chi connectivity index (χ2v) is 7.73. The molecule has 126 valence electrons. The molecule has 23 heavy (non-hydrogen) atoms. The number of rotatable bonds is 5. The van der Waals surface area contributed by atoms with E-state index in [4.69, 9.17) is 16.3 Å². The number of ether oxygens (including phenoxy) is 2. The summed E-state index contributed by atoms with van der Waals surface area (Å²) in [4.78, 5) is 23.1. The Labute approximate surface area is 138 Å². The second kappa shape index (κ2) is 7.18. The number of carbonyl (C=O) groups excluding carboxylic acids is 2. The number of nitrogens with one attached hydrogen (secondary N) is 1. The van der Waals surface area contributed by atoms with Crippen LogP contribution >= 0.6 is 11.6 Å². The van der Waals surface area contributed by atoms with Crippen LogP contribution in [0.15, 0.2) is 18.2 Å². The summed E-state index contributed by atoms with van der Waals surface area (Å²) in [6.07, 6.45) is 0.405. The molecule has 1 atom stereocenters. The molecular formula is C14H16ClNO6S. The van der Waals surface area contributed by atoms with E-state index in [0.717, 1.165) is 0 Å². The molecule has 0 radical (unpaired) electrons. The number of sulfone groups is 1. The molecule has 1 unspecified atom stereocenters. The summed E-state index contributed by atoms with van der Waals surface area (Å²) in [6.45, 7) is -0.298. The van der Waals surface area contributed by atoms with Crippen LogP contribution < -0.4 is 10.1 Å². The van der Waals surface area contributed by atoms with Gasteiger partial charge < -0.3 is 14.8 Å². The van der Waals surface area contributed by atoms with Gasteiger partial charge in [0.25, 0.3) is 5.91 Å². The van der Waals surface area contributed by atoms with Crippen molar-refractivity contribution < 1.29 is 27.5 Å². The molecule has 1 aromatic rings. The van der Waals surface area contributed by atoms with Gasteiger partial charge in [-0.1, -0.05) is 11.6 Å². The van der Waals surface area contributed by atoms with Gasteiger partial charge in [0.2, 0.25) is 0 Å². The van der Waals surface area contributed by atoms with Gasteiger partial charge >= 0.3 is 5.97 Å². The summed E-state index contributed by atoms with van der Waals surface area (Å²) in [5.41, 5.74) is 0.269. The predicted molar refractivity (Wildman–Crippen MR) is 83.5 cm³/mol. The van der Waals surface area contributed by atoms with Crippen LogP contribution in [-0.2, 0) is 19.4 Å². The lowest BCUT2D eigenvalue weighted by atomic mass is 10.2. The fraction of sp³-hybridized carbons (Fsp3) is 0.429. The van der Waals surface area contributed by atoms with Crippen LogP contribution in [0.4, 0.5) is 0 Å². The smallest absolute Gasteiger partial charge is 0.337 e. The second-order valence-electron chi connectivity index (χ2n) is 5.09. The molecule has 1 aliphatic rings. The molecule has 1 amide bonds. The monoisotopic (exact) mass is 361 g/mol. The van der Waals surface area contributed by atoms with Gasteiger partial charge in [-0.05, 0) is 24.6 Å². The molecule has 1 saturated heterocycles. The number of halogens is 1. The zero-order valence-electron chi connectivity index (χ0n) is 12.4. The number of hydrogen-bond acceptors (Lipinski definition) is 6. The normalized spacial score (nSPS) is 19.1. The van der Waals surface area contributed by atoms with E-state index in [1.165, 1.54) is 25.3 Å². The number of carbonyl (C=O) groups is 2. The van der Waals surface area contributed by atoms with Crippen molar-refractivity contribution in [1.29, 1.82) is 0 Å². The lowest BCUT2D eigenvalue weighted by molar-refractivity contribution is -0.123. The summed E-state index contributed by atoms with van der Waals surface area (Å²) in [5, 5.41) is 2.77. The zero-order valence-corrected chi connectivity index (χ0v) is 13.9. The number of esters is 1. The van der Waals surface area contributed by atoms with Crippen LogP contribution in [0.5, 0.6) is 5.75 Å². The van der Waals surface area contributed by atoms with E-state index >= 15 is 0 Å². The summed E-state index contributed by atoms with van der Waals surface area (Å²) in [5.74, 6) is -0.681. The molecule has 7 nitrogen and oxygen atoms in total. The van der Waals surface area contributed by atoms with E-state index in [2.05, 4.69) is 10.1 Å². The van der Waals surface area contributed by atoms with Crippen molar-refractivity contribution >= 4 is 33.3 Å². The average Bonchev–Trinajstić information content (AvgIpc) is 2.83. The highest BCUT2D eigenvalue weighted by atomic mass is 35.5. The summed E-state index contributed by atoms with van der Waals surface area (Å²) >= 11 is 5.98. The van der Waals surface area contributed by atoms with Crippen LogP contribution in [0.2, 0.25) is 5.02 Å². The van der Waals surface area contributed by atoms with Gasteiger partial charge in [0.1, 0.15) is 5.75 Å². The highest BCUT2D eigenvalue weighted by Gasteiger charge is 2.28. The number of methoxy groups -OCH3 is 1. The quantitative estimate of drug-likeness (QED) is 0.779. The molecule has 1 aliphatic heterocycles. The third-order valence-electron chi connectivity index (χ3n) is 3.31. The van der Waals surface area contributed by atoms with Gasteiger partial charge in [-0.15, -0.1) is 0 Å². The molecule has 1 aromatic carbocycles. The van der Waals surface area contributed by atoms with Crippen LogP contribution in [-0.4, -0.2) is 51.6 Å². The maximum absolute atomic E-state index is 11.8. The van der Waals surface area contributed by atoms with E-state index < -0.39 is 21.7 Å². The van der Waals surface area contributed by atoms with E-state index in [-0.39, 0.29) is 40.5 Å². The Hall–Kier alpha value is -1.80. The minimum Gasteiger partial charge on any atom is -0.482 e. The Morgan fingerprint density at radius 3 is 2.70 bits per heavy atom. The molecule has 1 fully saturated rings. The van der Waals surface area contributed by atoms with E-state index in [1.807, 2.05) is 0 Å².